The summed E-state index contributed by atoms with van der Waals surface area (Å²) < 4.78 is 5.57. The molecule has 2 heterocycles. The molecule has 0 unspecified atom stereocenters. The van der Waals surface area contributed by atoms with Gasteiger partial charge in [0.2, 0.25) is 0 Å². The Balaban J connectivity index is 2.83. The highest BCUT2D eigenvalue weighted by atomic mass is 16.3. The van der Waals surface area contributed by atoms with Crippen LogP contribution in [0.25, 0.3) is 11.2 Å². The molecular formula is C13H18N2O. The molecule has 86 valence electrons. The Kier molecular flexibility index (Phi) is 2.30. The second-order valence-corrected chi connectivity index (χ2v) is 5.35. The average Bonchev–Trinajstić information content (AvgIpc) is 2.51. The van der Waals surface area contributed by atoms with Gasteiger partial charge < -0.3 is 4.42 Å². The fourth-order valence-electron chi connectivity index (χ4n) is 2.00. The number of oxazole rings is 1. The molecule has 0 amide bonds. The van der Waals surface area contributed by atoms with Gasteiger partial charge in [0, 0.05) is 17.9 Å². The summed E-state index contributed by atoms with van der Waals surface area (Å²) in [6.07, 6.45) is 0. The normalized spacial score (nSPS) is 12.4. The van der Waals surface area contributed by atoms with Crippen molar-refractivity contribution in [3.8, 4) is 0 Å². The monoisotopic (exact) mass is 218 g/mol. The molecule has 2 aromatic heterocycles. The maximum absolute atomic E-state index is 5.57. The minimum absolute atomic E-state index is 0.0376. The predicted molar refractivity (Wildman–Crippen MR) is 64.7 cm³/mol. The van der Waals surface area contributed by atoms with Gasteiger partial charge in [-0.15, -0.1) is 0 Å². The molecule has 2 rings (SSSR count). The highest BCUT2D eigenvalue weighted by molar-refractivity contribution is 5.74. The predicted octanol–water partition coefficient (Wildman–Crippen LogP) is 3.45. The van der Waals surface area contributed by atoms with Crippen LogP contribution in [0.15, 0.2) is 4.42 Å². The van der Waals surface area contributed by atoms with Crippen LogP contribution < -0.4 is 0 Å². The molecule has 0 N–H and O–H groups in total. The van der Waals surface area contributed by atoms with Crippen molar-refractivity contribution in [2.24, 2.45) is 0 Å². The largest absolute Gasteiger partial charge is 0.439 e. The summed E-state index contributed by atoms with van der Waals surface area (Å²) in [5.41, 5.74) is 5.04. The molecule has 0 saturated heterocycles. The summed E-state index contributed by atoms with van der Waals surface area (Å²) in [6.45, 7) is 12.5. The molecule has 3 heteroatoms. The lowest BCUT2D eigenvalue weighted by Gasteiger charge is -2.21. The third-order valence-electron chi connectivity index (χ3n) is 2.90. The fraction of sp³-hybridized carbons (Fsp3) is 0.538. The molecule has 3 nitrogen and oxygen atoms in total. The molecule has 0 atom stereocenters. The van der Waals surface area contributed by atoms with E-state index >= 15 is 0 Å². The Hall–Kier alpha value is -1.38. The Morgan fingerprint density at radius 2 is 1.56 bits per heavy atom. The zero-order valence-electron chi connectivity index (χ0n) is 10.8. The lowest BCUT2D eigenvalue weighted by atomic mass is 9.87. The van der Waals surface area contributed by atoms with Crippen molar-refractivity contribution in [1.82, 2.24) is 9.97 Å². The van der Waals surface area contributed by atoms with Gasteiger partial charge in [-0.3, -0.25) is 0 Å². The van der Waals surface area contributed by atoms with Crippen LogP contribution >= 0.6 is 0 Å². The van der Waals surface area contributed by atoms with E-state index in [0.717, 1.165) is 22.5 Å². The smallest absolute Gasteiger partial charge is 0.199 e. The number of hydrogen-bond donors (Lipinski definition) is 0. The fourth-order valence-corrected chi connectivity index (χ4v) is 2.00. The molecule has 0 saturated carbocycles. The summed E-state index contributed by atoms with van der Waals surface area (Å²) in [6, 6.07) is 0. The van der Waals surface area contributed by atoms with E-state index in [4.69, 9.17) is 4.42 Å². The van der Waals surface area contributed by atoms with E-state index < -0.39 is 0 Å². The molecular weight excluding hydrogens is 200 g/mol. The molecule has 0 bridgehead atoms. The van der Waals surface area contributed by atoms with E-state index in [0.29, 0.717) is 5.89 Å². The minimum Gasteiger partial charge on any atom is -0.439 e. The van der Waals surface area contributed by atoms with Crippen molar-refractivity contribution in [2.75, 3.05) is 0 Å². The Morgan fingerprint density at radius 1 is 0.938 bits per heavy atom. The maximum atomic E-state index is 5.57. The number of rotatable bonds is 0. The van der Waals surface area contributed by atoms with Crippen LogP contribution in [0.4, 0.5) is 0 Å². The van der Waals surface area contributed by atoms with Gasteiger partial charge in [0.25, 0.3) is 0 Å². The van der Waals surface area contributed by atoms with Crippen LogP contribution in [0, 0.1) is 20.8 Å². The van der Waals surface area contributed by atoms with Crippen LogP contribution in [0.5, 0.6) is 0 Å². The van der Waals surface area contributed by atoms with E-state index in [1.165, 1.54) is 5.56 Å². The van der Waals surface area contributed by atoms with Gasteiger partial charge in [0.1, 0.15) is 0 Å². The second-order valence-electron chi connectivity index (χ2n) is 5.35. The molecule has 0 aliphatic carbocycles. The topological polar surface area (TPSA) is 38.9 Å². The average molecular weight is 218 g/mol. The highest BCUT2D eigenvalue weighted by Crippen LogP contribution is 2.30. The zero-order chi connectivity index (χ0) is 12.1. The SMILES string of the molecule is Cc1nc2nc(C(C)(C)C)c(C)c(C)c2o1. The van der Waals surface area contributed by atoms with Crippen molar-refractivity contribution >= 4 is 11.2 Å². The van der Waals surface area contributed by atoms with Gasteiger partial charge in [-0.2, -0.15) is 4.98 Å². The van der Waals surface area contributed by atoms with Crippen molar-refractivity contribution in [2.45, 2.75) is 47.0 Å². The number of fused-ring (bicyclic) bond motifs is 1. The van der Waals surface area contributed by atoms with Gasteiger partial charge in [-0.05, 0) is 19.4 Å². The maximum Gasteiger partial charge on any atom is 0.199 e. The van der Waals surface area contributed by atoms with E-state index in [2.05, 4.69) is 44.6 Å². The highest BCUT2D eigenvalue weighted by Gasteiger charge is 2.22. The lowest BCUT2D eigenvalue weighted by Crippen LogP contribution is -2.16. The number of pyridine rings is 1. The number of aromatic nitrogens is 2. The van der Waals surface area contributed by atoms with Crippen LogP contribution in [-0.4, -0.2) is 9.97 Å². The minimum atomic E-state index is 0.0376. The van der Waals surface area contributed by atoms with Crippen LogP contribution in [0.3, 0.4) is 0 Å². The molecule has 0 aromatic carbocycles. The number of hydrogen-bond acceptors (Lipinski definition) is 3. The summed E-state index contributed by atoms with van der Waals surface area (Å²) >= 11 is 0. The number of nitrogens with zero attached hydrogens (tertiary/aromatic N) is 2. The first kappa shape index (κ1) is 11.1. The van der Waals surface area contributed by atoms with E-state index in [9.17, 15) is 0 Å². The van der Waals surface area contributed by atoms with Crippen LogP contribution in [0.2, 0.25) is 0 Å². The van der Waals surface area contributed by atoms with Crippen molar-refractivity contribution in [3.63, 3.8) is 0 Å². The second kappa shape index (κ2) is 3.30. The summed E-state index contributed by atoms with van der Waals surface area (Å²) in [5, 5.41) is 0. The first-order chi connectivity index (χ1) is 7.30. The quantitative estimate of drug-likeness (QED) is 0.680. The number of aryl methyl sites for hydroxylation is 2. The summed E-state index contributed by atoms with van der Waals surface area (Å²) in [7, 11) is 0. The van der Waals surface area contributed by atoms with Crippen LogP contribution in [0.1, 0.15) is 43.5 Å². The first-order valence-corrected chi connectivity index (χ1v) is 5.55. The van der Waals surface area contributed by atoms with Crippen LogP contribution in [-0.2, 0) is 5.41 Å². The third-order valence-corrected chi connectivity index (χ3v) is 2.90. The van der Waals surface area contributed by atoms with E-state index in [1.54, 1.807) is 0 Å². The third kappa shape index (κ3) is 1.60. The van der Waals surface area contributed by atoms with Gasteiger partial charge >= 0.3 is 0 Å². The molecule has 0 aliphatic heterocycles. The molecule has 2 aromatic rings. The van der Waals surface area contributed by atoms with Crippen molar-refractivity contribution in [1.29, 1.82) is 0 Å². The first-order valence-electron chi connectivity index (χ1n) is 5.55. The van der Waals surface area contributed by atoms with Crippen molar-refractivity contribution < 1.29 is 4.42 Å². The van der Waals surface area contributed by atoms with Gasteiger partial charge in [0.05, 0.1) is 5.69 Å². The lowest BCUT2D eigenvalue weighted by molar-refractivity contribution is 0.554. The Labute approximate surface area is 95.9 Å². The molecule has 0 fully saturated rings. The molecule has 0 spiro atoms. The Morgan fingerprint density at radius 3 is 2.12 bits per heavy atom. The standard InChI is InChI=1S/C13H18N2O/c1-7-8(2)11(13(4,5)6)15-12-10(7)16-9(3)14-12/h1-6H3. The van der Waals surface area contributed by atoms with Gasteiger partial charge in [-0.25, -0.2) is 4.98 Å². The zero-order valence-corrected chi connectivity index (χ0v) is 10.8. The van der Waals surface area contributed by atoms with E-state index in [-0.39, 0.29) is 5.41 Å². The molecule has 0 aliphatic rings. The van der Waals surface area contributed by atoms with Gasteiger partial charge in [-0.1, -0.05) is 20.8 Å². The summed E-state index contributed by atoms with van der Waals surface area (Å²) in [5.74, 6) is 0.677. The van der Waals surface area contributed by atoms with Gasteiger partial charge in [0.15, 0.2) is 17.1 Å². The van der Waals surface area contributed by atoms with E-state index in [1.807, 2.05) is 6.92 Å². The molecule has 16 heavy (non-hydrogen) atoms. The summed E-state index contributed by atoms with van der Waals surface area (Å²) in [4.78, 5) is 8.93. The van der Waals surface area contributed by atoms with Crippen molar-refractivity contribution in [3.05, 3.63) is 22.7 Å². The molecule has 0 radical (unpaired) electrons. The Bertz CT molecular complexity index is 547.